The lowest BCUT2D eigenvalue weighted by molar-refractivity contribution is -0.144. The summed E-state index contributed by atoms with van der Waals surface area (Å²) in [4.78, 5) is 12.5. The van der Waals surface area contributed by atoms with Crippen molar-refractivity contribution in [3.63, 3.8) is 0 Å². The van der Waals surface area contributed by atoms with Crippen LogP contribution in [0.2, 0.25) is 10.0 Å². The number of fused-ring (bicyclic) bond motifs is 1. The number of benzene rings is 1. The van der Waals surface area contributed by atoms with E-state index in [0.29, 0.717) is 17.9 Å². The first-order valence-electron chi connectivity index (χ1n) is 6.67. The van der Waals surface area contributed by atoms with Crippen molar-refractivity contribution < 1.29 is 13.2 Å². The van der Waals surface area contributed by atoms with Gasteiger partial charge in [0.25, 0.3) is 5.56 Å². The molecule has 8 heteroatoms. The summed E-state index contributed by atoms with van der Waals surface area (Å²) in [6.07, 6.45) is -3.36. The van der Waals surface area contributed by atoms with E-state index in [2.05, 4.69) is 0 Å². The SMILES string of the molecule is O=c1c(-c2ccc(Cl)cc2Cl)c(C(F)(F)F)n2n1CCCC2. The van der Waals surface area contributed by atoms with Crippen LogP contribution in [0.25, 0.3) is 11.1 Å². The highest BCUT2D eigenvalue weighted by molar-refractivity contribution is 6.36. The molecule has 1 aromatic carbocycles. The fourth-order valence-electron chi connectivity index (χ4n) is 2.79. The zero-order valence-corrected chi connectivity index (χ0v) is 12.8. The van der Waals surface area contributed by atoms with Gasteiger partial charge in [0, 0.05) is 23.7 Å². The summed E-state index contributed by atoms with van der Waals surface area (Å²) in [5, 5.41) is 0.324. The smallest absolute Gasteiger partial charge is 0.277 e. The van der Waals surface area contributed by atoms with Crippen molar-refractivity contribution in [3.05, 3.63) is 44.3 Å². The average molecular weight is 351 g/mol. The van der Waals surface area contributed by atoms with Crippen LogP contribution in [0.1, 0.15) is 18.5 Å². The maximum Gasteiger partial charge on any atom is 0.433 e. The van der Waals surface area contributed by atoms with Gasteiger partial charge in [0.15, 0.2) is 5.69 Å². The summed E-state index contributed by atoms with van der Waals surface area (Å²) in [5.41, 5.74) is -1.97. The molecule has 0 radical (unpaired) electrons. The van der Waals surface area contributed by atoms with Gasteiger partial charge >= 0.3 is 6.18 Å². The van der Waals surface area contributed by atoms with E-state index in [0.717, 1.165) is 9.36 Å². The van der Waals surface area contributed by atoms with Gasteiger partial charge in [0.05, 0.1) is 10.6 Å². The van der Waals surface area contributed by atoms with Crippen molar-refractivity contribution in [1.82, 2.24) is 9.36 Å². The Balaban J connectivity index is 2.36. The van der Waals surface area contributed by atoms with Gasteiger partial charge in [-0.15, -0.1) is 0 Å². The molecule has 2 aromatic rings. The Morgan fingerprint density at radius 3 is 2.27 bits per heavy atom. The number of aromatic nitrogens is 2. The molecule has 1 aliphatic rings. The van der Waals surface area contributed by atoms with Crippen LogP contribution in [-0.2, 0) is 19.3 Å². The van der Waals surface area contributed by atoms with Gasteiger partial charge < -0.3 is 0 Å². The average Bonchev–Trinajstić information content (AvgIpc) is 2.73. The number of hydrogen-bond acceptors (Lipinski definition) is 1. The molecule has 118 valence electrons. The lowest BCUT2D eigenvalue weighted by atomic mass is 10.1. The van der Waals surface area contributed by atoms with Crippen LogP contribution in [0, 0.1) is 0 Å². The fraction of sp³-hybridized carbons (Fsp3) is 0.357. The van der Waals surface area contributed by atoms with Gasteiger partial charge in [-0.1, -0.05) is 29.3 Å². The minimum atomic E-state index is -4.64. The Morgan fingerprint density at radius 1 is 1.05 bits per heavy atom. The van der Waals surface area contributed by atoms with Gasteiger partial charge in [-0.25, -0.2) is 4.68 Å². The van der Waals surface area contributed by atoms with Crippen molar-refractivity contribution in [1.29, 1.82) is 0 Å². The first kappa shape index (κ1) is 15.5. The minimum absolute atomic E-state index is 0.0265. The Bertz CT molecular complexity index is 793. The number of halogens is 5. The predicted octanol–water partition coefficient (Wildman–Crippen LogP) is 4.44. The number of hydrogen-bond donors (Lipinski definition) is 0. The molecule has 0 bridgehead atoms. The van der Waals surface area contributed by atoms with Crippen molar-refractivity contribution in [3.8, 4) is 11.1 Å². The molecule has 0 saturated carbocycles. The Kier molecular flexibility index (Phi) is 3.77. The van der Waals surface area contributed by atoms with E-state index in [-0.39, 0.29) is 23.7 Å². The van der Waals surface area contributed by atoms with Crippen molar-refractivity contribution in [2.24, 2.45) is 0 Å². The second-order valence-electron chi connectivity index (χ2n) is 5.10. The van der Waals surface area contributed by atoms with Gasteiger partial charge in [-0.3, -0.25) is 9.48 Å². The second-order valence-corrected chi connectivity index (χ2v) is 5.95. The van der Waals surface area contributed by atoms with E-state index in [1.165, 1.54) is 18.2 Å². The lowest BCUT2D eigenvalue weighted by Crippen LogP contribution is -2.28. The first-order valence-corrected chi connectivity index (χ1v) is 7.42. The molecule has 0 unspecified atom stereocenters. The van der Waals surface area contributed by atoms with Crippen molar-refractivity contribution in [2.45, 2.75) is 32.1 Å². The maximum atomic E-state index is 13.5. The Hall–Kier alpha value is -1.40. The summed E-state index contributed by atoms with van der Waals surface area (Å²) in [5.74, 6) is 0. The molecule has 0 aliphatic carbocycles. The van der Waals surface area contributed by atoms with Crippen LogP contribution >= 0.6 is 23.2 Å². The maximum absolute atomic E-state index is 13.5. The molecule has 3 rings (SSSR count). The van der Waals surface area contributed by atoms with Gasteiger partial charge in [-0.05, 0) is 25.0 Å². The number of alkyl halides is 3. The molecule has 3 nitrogen and oxygen atoms in total. The molecule has 0 spiro atoms. The monoisotopic (exact) mass is 350 g/mol. The number of rotatable bonds is 1. The molecule has 0 atom stereocenters. The van der Waals surface area contributed by atoms with E-state index >= 15 is 0 Å². The van der Waals surface area contributed by atoms with Crippen LogP contribution in [0.5, 0.6) is 0 Å². The standard InChI is InChI=1S/C14H11Cl2F3N2O/c15-8-3-4-9(10(16)7-8)11-12(14(17,18)19)20-5-1-2-6-21(20)13(11)22/h3-4,7H,1-2,5-6H2. The predicted molar refractivity (Wildman–Crippen MR) is 78.4 cm³/mol. The molecule has 1 aromatic heterocycles. The molecule has 22 heavy (non-hydrogen) atoms. The molecular formula is C14H11Cl2F3N2O. The van der Waals surface area contributed by atoms with Crippen molar-refractivity contribution >= 4 is 23.2 Å². The lowest BCUT2D eigenvalue weighted by Gasteiger charge is -2.20. The third kappa shape index (κ3) is 2.44. The molecule has 0 amide bonds. The Morgan fingerprint density at radius 2 is 1.68 bits per heavy atom. The third-order valence-electron chi connectivity index (χ3n) is 3.69. The summed E-state index contributed by atoms with van der Waals surface area (Å²) >= 11 is 11.8. The summed E-state index contributed by atoms with van der Waals surface area (Å²) in [6.45, 7) is 0.433. The molecule has 1 aliphatic heterocycles. The third-order valence-corrected chi connectivity index (χ3v) is 4.24. The second kappa shape index (κ2) is 5.35. The van der Waals surface area contributed by atoms with E-state index in [9.17, 15) is 18.0 Å². The van der Waals surface area contributed by atoms with E-state index < -0.39 is 23.0 Å². The molecule has 0 saturated heterocycles. The highest BCUT2D eigenvalue weighted by atomic mass is 35.5. The first-order chi connectivity index (χ1) is 10.3. The number of nitrogens with zero attached hydrogens (tertiary/aromatic N) is 2. The van der Waals surface area contributed by atoms with E-state index in [1.54, 1.807) is 0 Å². The van der Waals surface area contributed by atoms with Gasteiger partial charge in [-0.2, -0.15) is 13.2 Å². The zero-order valence-electron chi connectivity index (χ0n) is 11.3. The quantitative estimate of drug-likeness (QED) is 0.746. The minimum Gasteiger partial charge on any atom is -0.277 e. The van der Waals surface area contributed by atoms with E-state index in [1.807, 2.05) is 0 Å². The summed E-state index contributed by atoms with van der Waals surface area (Å²) in [7, 11) is 0. The molecule has 2 heterocycles. The van der Waals surface area contributed by atoms with Crippen LogP contribution in [0.15, 0.2) is 23.0 Å². The van der Waals surface area contributed by atoms with Crippen molar-refractivity contribution in [2.75, 3.05) is 0 Å². The van der Waals surface area contributed by atoms with E-state index in [4.69, 9.17) is 23.2 Å². The van der Waals surface area contributed by atoms with Gasteiger partial charge in [0.1, 0.15) is 0 Å². The summed E-state index contributed by atoms with van der Waals surface area (Å²) < 4.78 is 42.7. The molecular weight excluding hydrogens is 340 g/mol. The topological polar surface area (TPSA) is 26.9 Å². The normalized spacial score (nSPS) is 15.0. The summed E-state index contributed by atoms with van der Waals surface area (Å²) in [6, 6.07) is 4.10. The molecule has 0 N–H and O–H groups in total. The van der Waals surface area contributed by atoms with Crippen LogP contribution < -0.4 is 5.56 Å². The largest absolute Gasteiger partial charge is 0.433 e. The molecule has 0 fully saturated rings. The van der Waals surface area contributed by atoms with Crippen LogP contribution in [0.4, 0.5) is 13.2 Å². The zero-order chi connectivity index (χ0) is 16.1. The fourth-order valence-corrected chi connectivity index (χ4v) is 3.29. The highest BCUT2D eigenvalue weighted by Crippen LogP contribution is 2.39. The highest BCUT2D eigenvalue weighted by Gasteiger charge is 2.42. The van der Waals surface area contributed by atoms with Gasteiger partial charge in [0.2, 0.25) is 0 Å². The van der Waals surface area contributed by atoms with Crippen LogP contribution in [-0.4, -0.2) is 9.36 Å². The Labute approximate surface area is 133 Å². The van der Waals surface area contributed by atoms with Crippen LogP contribution in [0.3, 0.4) is 0 Å².